The summed E-state index contributed by atoms with van der Waals surface area (Å²) in [6, 6.07) is 16.7. The van der Waals surface area contributed by atoms with Crippen molar-refractivity contribution in [3.8, 4) is 11.5 Å². The topological polar surface area (TPSA) is 84.9 Å². The van der Waals surface area contributed by atoms with E-state index < -0.39 is 22.5 Å². The molecule has 0 bridgehead atoms. The van der Waals surface area contributed by atoms with Crippen molar-refractivity contribution in [2.24, 2.45) is 0 Å². The fourth-order valence-corrected chi connectivity index (χ4v) is 6.11. The number of fused-ring (bicyclic) bond motifs is 1. The molecule has 0 aromatic heterocycles. The Morgan fingerprint density at radius 1 is 0.946 bits per heavy atom. The van der Waals surface area contributed by atoms with Gasteiger partial charge in [0.05, 0.1) is 30.8 Å². The third-order valence-corrected chi connectivity index (χ3v) is 8.62. The molecule has 196 valence electrons. The maximum Gasteiger partial charge on any atom is 0.264 e. The molecule has 37 heavy (non-hydrogen) atoms. The molecule has 1 atom stereocenters. The maximum atomic E-state index is 13.8. The first-order valence-corrected chi connectivity index (χ1v) is 14.0. The van der Waals surface area contributed by atoms with Crippen LogP contribution in [0.15, 0.2) is 65.6 Å². The number of amides is 1. The molecule has 0 heterocycles. The minimum Gasteiger partial charge on any atom is -0.493 e. The van der Waals surface area contributed by atoms with Gasteiger partial charge in [0.15, 0.2) is 11.5 Å². The molecule has 0 fully saturated rings. The van der Waals surface area contributed by atoms with E-state index in [1.807, 2.05) is 13.0 Å². The van der Waals surface area contributed by atoms with Crippen LogP contribution in [0.5, 0.6) is 11.5 Å². The number of carbonyl (C=O) groups excluding carboxylic acids is 1. The Bertz CT molecular complexity index is 1380. The minimum atomic E-state index is -4.14. The molecular formula is C28H31ClN2O5S. The van der Waals surface area contributed by atoms with Crippen LogP contribution < -0.4 is 19.1 Å². The molecule has 3 aromatic rings. The number of methoxy groups -OCH3 is 2. The van der Waals surface area contributed by atoms with Gasteiger partial charge in [-0.15, -0.1) is 0 Å². The fourth-order valence-electron chi connectivity index (χ4n) is 4.55. The van der Waals surface area contributed by atoms with E-state index in [9.17, 15) is 13.2 Å². The summed E-state index contributed by atoms with van der Waals surface area (Å²) in [6.07, 6.45) is 4.49. The summed E-state index contributed by atoms with van der Waals surface area (Å²) >= 11 is 6.04. The number of hydrogen-bond donors (Lipinski definition) is 1. The van der Waals surface area contributed by atoms with E-state index in [0.29, 0.717) is 16.5 Å². The third-order valence-electron chi connectivity index (χ3n) is 6.59. The molecule has 4 rings (SSSR count). The lowest BCUT2D eigenvalue weighted by atomic mass is 9.89. The number of nitrogens with zero attached hydrogens (tertiary/aromatic N) is 1. The van der Waals surface area contributed by atoms with Crippen LogP contribution in [-0.4, -0.2) is 35.1 Å². The number of rotatable bonds is 9. The summed E-state index contributed by atoms with van der Waals surface area (Å²) < 4.78 is 39.1. The first kappa shape index (κ1) is 26.8. The monoisotopic (exact) mass is 542 g/mol. The van der Waals surface area contributed by atoms with Crippen LogP contribution >= 0.6 is 11.6 Å². The Morgan fingerprint density at radius 2 is 1.62 bits per heavy atom. The Morgan fingerprint density at radius 3 is 2.30 bits per heavy atom. The number of halogens is 1. The summed E-state index contributed by atoms with van der Waals surface area (Å²) in [4.78, 5) is 13.1. The number of anilines is 1. The number of aryl methyl sites for hydroxylation is 2. The van der Waals surface area contributed by atoms with Crippen LogP contribution in [0.2, 0.25) is 5.02 Å². The van der Waals surface area contributed by atoms with Gasteiger partial charge in [0.1, 0.15) is 6.54 Å². The van der Waals surface area contributed by atoms with Gasteiger partial charge in [-0.1, -0.05) is 29.8 Å². The summed E-state index contributed by atoms with van der Waals surface area (Å²) in [5, 5.41) is 3.42. The van der Waals surface area contributed by atoms with Gasteiger partial charge in [-0.05, 0) is 85.7 Å². The Balaban J connectivity index is 1.60. The Hall–Kier alpha value is -3.23. The minimum absolute atomic E-state index is 0.0318. The molecule has 7 nitrogen and oxygen atoms in total. The fraction of sp³-hybridized carbons (Fsp3) is 0.321. The van der Waals surface area contributed by atoms with E-state index in [0.717, 1.165) is 22.7 Å². The van der Waals surface area contributed by atoms with Gasteiger partial charge in [-0.25, -0.2) is 8.42 Å². The van der Waals surface area contributed by atoms with E-state index in [-0.39, 0.29) is 16.7 Å². The van der Waals surface area contributed by atoms with Crippen molar-refractivity contribution in [1.29, 1.82) is 0 Å². The zero-order valence-corrected chi connectivity index (χ0v) is 22.7. The standard InChI is InChI=1S/C28H31ClN2O5S/c1-19(21-9-8-20-6-4-5-7-22(20)16-21)30-28(32)18-31(24-12-10-23(29)11-13-24)37(33,34)25-14-15-26(35-2)27(17-25)36-3/h8-17,19H,4-7,18H2,1-3H3,(H,30,32). The number of carbonyl (C=O) groups is 1. The average Bonchev–Trinajstić information content (AvgIpc) is 2.91. The number of nitrogens with one attached hydrogen (secondary N) is 1. The van der Waals surface area contributed by atoms with Crippen molar-refractivity contribution in [2.75, 3.05) is 25.1 Å². The molecule has 1 aliphatic rings. The van der Waals surface area contributed by atoms with E-state index in [1.165, 1.54) is 56.4 Å². The quantitative estimate of drug-likeness (QED) is 0.396. The second kappa shape index (κ2) is 11.4. The van der Waals surface area contributed by atoms with Gasteiger partial charge >= 0.3 is 0 Å². The van der Waals surface area contributed by atoms with Crippen molar-refractivity contribution in [3.63, 3.8) is 0 Å². The lowest BCUT2D eigenvalue weighted by Gasteiger charge is -2.26. The number of hydrogen-bond acceptors (Lipinski definition) is 5. The highest BCUT2D eigenvalue weighted by Gasteiger charge is 2.29. The first-order valence-electron chi connectivity index (χ1n) is 12.1. The third kappa shape index (κ3) is 6.02. The second-order valence-corrected chi connectivity index (χ2v) is 11.3. The predicted octanol–water partition coefficient (Wildman–Crippen LogP) is 5.31. The van der Waals surface area contributed by atoms with Gasteiger partial charge < -0.3 is 14.8 Å². The highest BCUT2D eigenvalue weighted by atomic mass is 35.5. The largest absolute Gasteiger partial charge is 0.493 e. The zero-order valence-electron chi connectivity index (χ0n) is 21.2. The molecule has 1 aliphatic carbocycles. The average molecular weight is 543 g/mol. The van der Waals surface area contributed by atoms with Crippen LogP contribution in [-0.2, 0) is 27.7 Å². The smallest absolute Gasteiger partial charge is 0.264 e. The molecule has 1 unspecified atom stereocenters. The normalized spacial score (nSPS) is 13.8. The van der Waals surface area contributed by atoms with Crippen LogP contribution in [0.1, 0.15) is 42.5 Å². The number of benzene rings is 3. The Kier molecular flexibility index (Phi) is 8.29. The number of sulfonamides is 1. The van der Waals surface area contributed by atoms with Gasteiger partial charge in [-0.2, -0.15) is 0 Å². The van der Waals surface area contributed by atoms with Gasteiger partial charge in [0, 0.05) is 11.1 Å². The molecular weight excluding hydrogens is 512 g/mol. The highest BCUT2D eigenvalue weighted by molar-refractivity contribution is 7.92. The maximum absolute atomic E-state index is 13.8. The summed E-state index contributed by atoms with van der Waals surface area (Å²) in [7, 11) is -1.23. The summed E-state index contributed by atoms with van der Waals surface area (Å²) in [6.45, 7) is 1.49. The molecule has 0 spiro atoms. The molecule has 0 aliphatic heterocycles. The lowest BCUT2D eigenvalue weighted by Crippen LogP contribution is -2.41. The SMILES string of the molecule is COc1ccc(S(=O)(=O)N(CC(=O)NC(C)c2ccc3c(c2)CCCC3)c2ccc(Cl)cc2)cc1OC. The van der Waals surface area contributed by atoms with Crippen LogP contribution in [0.3, 0.4) is 0 Å². The van der Waals surface area contributed by atoms with Crippen molar-refractivity contribution < 1.29 is 22.7 Å². The van der Waals surface area contributed by atoms with Crippen molar-refractivity contribution in [1.82, 2.24) is 5.32 Å². The van der Waals surface area contributed by atoms with Crippen LogP contribution in [0.25, 0.3) is 0 Å². The first-order chi connectivity index (χ1) is 17.7. The molecule has 0 saturated heterocycles. The van der Waals surface area contributed by atoms with Crippen molar-refractivity contribution in [2.45, 2.75) is 43.5 Å². The molecule has 1 amide bonds. The lowest BCUT2D eigenvalue weighted by molar-refractivity contribution is -0.120. The molecule has 1 N–H and O–H groups in total. The van der Waals surface area contributed by atoms with Crippen LogP contribution in [0, 0.1) is 0 Å². The Labute approximate surface area is 223 Å². The summed E-state index contributed by atoms with van der Waals surface area (Å²) in [5.74, 6) is 0.241. The van der Waals surface area contributed by atoms with E-state index in [1.54, 1.807) is 24.3 Å². The predicted molar refractivity (Wildman–Crippen MR) is 145 cm³/mol. The zero-order chi connectivity index (χ0) is 26.6. The molecule has 9 heteroatoms. The molecule has 0 saturated carbocycles. The molecule has 0 radical (unpaired) electrons. The van der Waals surface area contributed by atoms with Gasteiger partial charge in [0.25, 0.3) is 10.0 Å². The number of ether oxygens (including phenoxy) is 2. The van der Waals surface area contributed by atoms with E-state index >= 15 is 0 Å². The van der Waals surface area contributed by atoms with Gasteiger partial charge in [-0.3, -0.25) is 9.10 Å². The summed E-state index contributed by atoms with van der Waals surface area (Å²) in [5.41, 5.74) is 4.00. The van der Waals surface area contributed by atoms with Crippen molar-refractivity contribution in [3.05, 3.63) is 82.4 Å². The van der Waals surface area contributed by atoms with Crippen LogP contribution in [0.4, 0.5) is 5.69 Å². The highest BCUT2D eigenvalue weighted by Crippen LogP contribution is 2.32. The van der Waals surface area contributed by atoms with Crippen molar-refractivity contribution >= 4 is 33.2 Å². The van der Waals surface area contributed by atoms with Gasteiger partial charge in [0.2, 0.25) is 5.91 Å². The second-order valence-electron chi connectivity index (χ2n) is 9.03. The van der Waals surface area contributed by atoms with E-state index in [4.69, 9.17) is 21.1 Å². The molecule has 3 aromatic carbocycles. The van der Waals surface area contributed by atoms with E-state index in [2.05, 4.69) is 17.4 Å².